The van der Waals surface area contributed by atoms with E-state index in [1.807, 2.05) is 31.2 Å². The van der Waals surface area contributed by atoms with Crippen molar-refractivity contribution in [2.45, 2.75) is 33.1 Å². The summed E-state index contributed by atoms with van der Waals surface area (Å²) in [4.78, 5) is 11.7. The van der Waals surface area contributed by atoms with Gasteiger partial charge in [-0.15, -0.1) is 0 Å². The molecule has 0 aliphatic heterocycles. The van der Waals surface area contributed by atoms with E-state index in [0.29, 0.717) is 0 Å². The summed E-state index contributed by atoms with van der Waals surface area (Å²) in [6.07, 6.45) is 5.00. The highest BCUT2D eigenvalue weighted by Gasteiger charge is 2.00. The number of ether oxygens (including phenoxy) is 1. The van der Waals surface area contributed by atoms with Crippen molar-refractivity contribution < 1.29 is 9.53 Å². The molecule has 0 radical (unpaired) electrons. The third kappa shape index (κ3) is 5.60. The average molecular weight is 261 g/mol. The van der Waals surface area contributed by atoms with E-state index in [1.165, 1.54) is 0 Å². The fourth-order valence-corrected chi connectivity index (χ4v) is 1.77. The molecule has 1 rings (SSSR count). The van der Waals surface area contributed by atoms with Crippen LogP contribution in [0.1, 0.15) is 38.7 Å². The quantitative estimate of drug-likeness (QED) is 0.603. The van der Waals surface area contributed by atoms with Crippen molar-refractivity contribution in [3.8, 4) is 5.75 Å². The van der Waals surface area contributed by atoms with E-state index in [-0.39, 0.29) is 5.91 Å². The number of amides is 1. The summed E-state index contributed by atoms with van der Waals surface area (Å²) in [7, 11) is 1.64. The molecule has 0 saturated heterocycles. The summed E-state index contributed by atoms with van der Waals surface area (Å²) in [5, 5.41) is 2.90. The summed E-state index contributed by atoms with van der Waals surface area (Å²) in [6, 6.07) is 7.70. The lowest BCUT2D eigenvalue weighted by Crippen LogP contribution is -2.22. The molecule has 0 atom stereocenters. The van der Waals surface area contributed by atoms with Crippen LogP contribution in [0.15, 0.2) is 30.3 Å². The summed E-state index contributed by atoms with van der Waals surface area (Å²) in [6.45, 7) is 4.84. The van der Waals surface area contributed by atoms with Crippen molar-refractivity contribution in [2.75, 3.05) is 13.7 Å². The molecule has 0 unspecified atom stereocenters. The minimum absolute atomic E-state index is 0.0237. The molecule has 3 nitrogen and oxygen atoms in total. The van der Waals surface area contributed by atoms with E-state index in [0.717, 1.165) is 42.7 Å². The highest BCUT2D eigenvalue weighted by atomic mass is 16.5. The molecule has 1 N–H and O–H groups in total. The maximum Gasteiger partial charge on any atom is 0.244 e. The van der Waals surface area contributed by atoms with Crippen LogP contribution >= 0.6 is 0 Å². The molecule has 1 aromatic rings. The van der Waals surface area contributed by atoms with Crippen molar-refractivity contribution >= 4 is 11.5 Å². The molecule has 104 valence electrons. The minimum atomic E-state index is -0.0237. The third-order valence-corrected chi connectivity index (χ3v) is 2.97. The summed E-state index contributed by atoms with van der Waals surface area (Å²) in [5.41, 5.74) is 1.99. The van der Waals surface area contributed by atoms with Gasteiger partial charge >= 0.3 is 0 Å². The second-order valence-corrected chi connectivity index (χ2v) is 4.55. The minimum Gasteiger partial charge on any atom is -0.497 e. The van der Waals surface area contributed by atoms with Gasteiger partial charge in [0.2, 0.25) is 5.91 Å². The van der Waals surface area contributed by atoms with Crippen LogP contribution in [0.5, 0.6) is 5.75 Å². The van der Waals surface area contributed by atoms with Gasteiger partial charge in [-0.2, -0.15) is 0 Å². The largest absolute Gasteiger partial charge is 0.497 e. The first-order valence-corrected chi connectivity index (χ1v) is 6.78. The Bertz CT molecular complexity index is 421. The zero-order valence-corrected chi connectivity index (χ0v) is 12.0. The number of unbranched alkanes of at least 4 members (excludes halogenated alkanes) is 2. The molecule has 0 fully saturated rings. The molecule has 0 spiro atoms. The first-order valence-electron chi connectivity index (χ1n) is 6.78. The van der Waals surface area contributed by atoms with Crippen LogP contribution in [0.2, 0.25) is 0 Å². The van der Waals surface area contributed by atoms with E-state index < -0.39 is 0 Å². The maximum atomic E-state index is 11.7. The topological polar surface area (TPSA) is 38.3 Å². The molecule has 1 aromatic carbocycles. The first kappa shape index (κ1) is 15.3. The van der Waals surface area contributed by atoms with Crippen LogP contribution in [-0.4, -0.2) is 19.6 Å². The predicted molar refractivity (Wildman–Crippen MR) is 79.2 cm³/mol. The van der Waals surface area contributed by atoms with Crippen LogP contribution in [0.3, 0.4) is 0 Å². The Morgan fingerprint density at radius 3 is 2.53 bits per heavy atom. The monoisotopic (exact) mass is 261 g/mol. The number of carbonyl (C=O) groups excluding carboxylic acids is 1. The lowest BCUT2D eigenvalue weighted by Gasteiger charge is -2.05. The Balaban J connectivity index is 2.52. The number of rotatable bonds is 7. The van der Waals surface area contributed by atoms with Crippen molar-refractivity contribution in [1.82, 2.24) is 5.32 Å². The Morgan fingerprint density at radius 2 is 1.95 bits per heavy atom. The van der Waals surface area contributed by atoms with E-state index in [1.54, 1.807) is 13.2 Å². The highest BCUT2D eigenvalue weighted by molar-refractivity contribution is 5.94. The van der Waals surface area contributed by atoms with Crippen molar-refractivity contribution in [2.24, 2.45) is 0 Å². The normalized spacial score (nSPS) is 11.2. The van der Waals surface area contributed by atoms with Gasteiger partial charge in [-0.1, -0.05) is 31.9 Å². The first-order chi connectivity index (χ1) is 9.17. The Kier molecular flexibility index (Phi) is 6.72. The predicted octanol–water partition coefficient (Wildman–Crippen LogP) is 3.40. The standard InChI is InChI=1S/C16H23NO2/c1-4-5-6-11-17-16(18)12-13(2)14-7-9-15(19-3)10-8-14/h7-10,12H,4-6,11H2,1-3H3,(H,17,18)/b13-12+. The Labute approximate surface area is 115 Å². The summed E-state index contributed by atoms with van der Waals surface area (Å²) in [5.74, 6) is 0.796. The zero-order valence-electron chi connectivity index (χ0n) is 12.0. The summed E-state index contributed by atoms with van der Waals surface area (Å²) >= 11 is 0. The second-order valence-electron chi connectivity index (χ2n) is 4.55. The number of hydrogen-bond donors (Lipinski definition) is 1. The average Bonchev–Trinajstić information content (AvgIpc) is 2.43. The van der Waals surface area contributed by atoms with Gasteiger partial charge in [-0.25, -0.2) is 0 Å². The van der Waals surface area contributed by atoms with E-state index in [4.69, 9.17) is 4.74 Å². The highest BCUT2D eigenvalue weighted by Crippen LogP contribution is 2.17. The van der Waals surface area contributed by atoms with Crippen molar-refractivity contribution in [1.29, 1.82) is 0 Å². The zero-order chi connectivity index (χ0) is 14.1. The van der Waals surface area contributed by atoms with Crippen LogP contribution in [-0.2, 0) is 4.79 Å². The molecular weight excluding hydrogens is 238 g/mol. The fourth-order valence-electron chi connectivity index (χ4n) is 1.77. The van der Waals surface area contributed by atoms with Gasteiger partial charge in [0.1, 0.15) is 5.75 Å². The lowest BCUT2D eigenvalue weighted by molar-refractivity contribution is -0.116. The molecular formula is C16H23NO2. The number of methoxy groups -OCH3 is 1. The molecule has 3 heteroatoms. The van der Waals surface area contributed by atoms with Gasteiger partial charge in [0.25, 0.3) is 0 Å². The molecule has 19 heavy (non-hydrogen) atoms. The fraction of sp³-hybridized carbons (Fsp3) is 0.438. The van der Waals surface area contributed by atoms with Crippen LogP contribution in [0, 0.1) is 0 Å². The van der Waals surface area contributed by atoms with E-state index in [9.17, 15) is 4.79 Å². The number of allylic oxidation sites excluding steroid dienone is 1. The van der Waals surface area contributed by atoms with Crippen molar-refractivity contribution in [3.05, 3.63) is 35.9 Å². The van der Waals surface area contributed by atoms with Gasteiger partial charge in [0.15, 0.2) is 0 Å². The van der Waals surface area contributed by atoms with Gasteiger partial charge in [-0.3, -0.25) is 4.79 Å². The van der Waals surface area contributed by atoms with Gasteiger partial charge in [0, 0.05) is 12.6 Å². The van der Waals surface area contributed by atoms with Gasteiger partial charge in [0.05, 0.1) is 7.11 Å². The second kappa shape index (κ2) is 8.35. The molecule has 0 aromatic heterocycles. The smallest absolute Gasteiger partial charge is 0.244 e. The number of hydrogen-bond acceptors (Lipinski definition) is 2. The van der Waals surface area contributed by atoms with Gasteiger partial charge < -0.3 is 10.1 Å². The molecule has 1 amide bonds. The number of carbonyl (C=O) groups is 1. The van der Waals surface area contributed by atoms with Crippen LogP contribution in [0.4, 0.5) is 0 Å². The van der Waals surface area contributed by atoms with Crippen molar-refractivity contribution in [3.63, 3.8) is 0 Å². The van der Waals surface area contributed by atoms with E-state index >= 15 is 0 Å². The third-order valence-electron chi connectivity index (χ3n) is 2.97. The van der Waals surface area contributed by atoms with Gasteiger partial charge in [-0.05, 0) is 36.6 Å². The molecule has 0 aliphatic carbocycles. The molecule has 0 bridgehead atoms. The molecule has 0 saturated carbocycles. The molecule has 0 aliphatic rings. The Hall–Kier alpha value is -1.77. The lowest BCUT2D eigenvalue weighted by atomic mass is 10.1. The van der Waals surface area contributed by atoms with Crippen LogP contribution < -0.4 is 10.1 Å². The molecule has 0 heterocycles. The Morgan fingerprint density at radius 1 is 1.26 bits per heavy atom. The maximum absolute atomic E-state index is 11.7. The number of nitrogens with one attached hydrogen (secondary N) is 1. The van der Waals surface area contributed by atoms with Crippen LogP contribution in [0.25, 0.3) is 5.57 Å². The SMILES string of the molecule is CCCCCNC(=O)/C=C(\C)c1ccc(OC)cc1. The summed E-state index contributed by atoms with van der Waals surface area (Å²) < 4.78 is 5.11. The van der Waals surface area contributed by atoms with E-state index in [2.05, 4.69) is 12.2 Å². The number of benzene rings is 1.